The van der Waals surface area contributed by atoms with Crippen LogP contribution in [0.15, 0.2) is 51.4 Å². The molecule has 0 fully saturated rings. The van der Waals surface area contributed by atoms with Crippen LogP contribution in [0.3, 0.4) is 0 Å². The number of hydrogen-bond donors (Lipinski definition) is 3. The number of rotatable bonds is 3. The van der Waals surface area contributed by atoms with Gasteiger partial charge < -0.3 is 10.7 Å². The van der Waals surface area contributed by atoms with Crippen LogP contribution >= 0.6 is 31.9 Å². The standard InChI is InChI=1S/C13H11Br2N3O/c14-9-3-6-11(15)12(7-9)17-13(19)8-1-4-10(18-16)5-2-8/h1-7,18H,16H2,(H,17,19). The Morgan fingerprint density at radius 2 is 1.74 bits per heavy atom. The molecular formula is C13H11Br2N3O. The summed E-state index contributed by atoms with van der Waals surface area (Å²) >= 11 is 6.76. The van der Waals surface area contributed by atoms with Gasteiger partial charge in [0.25, 0.3) is 5.91 Å². The van der Waals surface area contributed by atoms with E-state index in [-0.39, 0.29) is 5.91 Å². The number of nitrogens with two attached hydrogens (primary N) is 1. The van der Waals surface area contributed by atoms with Crippen molar-refractivity contribution in [3.8, 4) is 0 Å². The van der Waals surface area contributed by atoms with Gasteiger partial charge in [-0.2, -0.15) is 0 Å². The zero-order chi connectivity index (χ0) is 13.8. The van der Waals surface area contributed by atoms with E-state index in [9.17, 15) is 4.79 Å². The van der Waals surface area contributed by atoms with Gasteiger partial charge in [-0.3, -0.25) is 10.6 Å². The second kappa shape index (κ2) is 6.18. The molecule has 98 valence electrons. The minimum atomic E-state index is -0.178. The number of carbonyl (C=O) groups excluding carboxylic acids is 1. The van der Waals surface area contributed by atoms with Gasteiger partial charge in [-0.15, -0.1) is 0 Å². The van der Waals surface area contributed by atoms with E-state index >= 15 is 0 Å². The molecule has 4 nitrogen and oxygen atoms in total. The van der Waals surface area contributed by atoms with Gasteiger partial charge in [-0.05, 0) is 58.4 Å². The average Bonchev–Trinajstić information content (AvgIpc) is 2.43. The van der Waals surface area contributed by atoms with Gasteiger partial charge in [0.1, 0.15) is 0 Å². The van der Waals surface area contributed by atoms with Crippen LogP contribution in [0.4, 0.5) is 11.4 Å². The summed E-state index contributed by atoms with van der Waals surface area (Å²) in [6.45, 7) is 0. The van der Waals surface area contributed by atoms with Crippen LogP contribution in [-0.4, -0.2) is 5.91 Å². The summed E-state index contributed by atoms with van der Waals surface area (Å²) in [6, 6.07) is 12.5. The van der Waals surface area contributed by atoms with Gasteiger partial charge in [0.2, 0.25) is 0 Å². The molecule has 0 aliphatic rings. The van der Waals surface area contributed by atoms with Crippen LogP contribution in [0, 0.1) is 0 Å². The van der Waals surface area contributed by atoms with Gasteiger partial charge in [-0.25, -0.2) is 0 Å². The summed E-state index contributed by atoms with van der Waals surface area (Å²) in [4.78, 5) is 12.1. The molecule has 2 aromatic rings. The van der Waals surface area contributed by atoms with E-state index in [0.29, 0.717) is 11.3 Å². The van der Waals surface area contributed by atoms with E-state index in [1.807, 2.05) is 18.2 Å². The first-order valence-electron chi connectivity index (χ1n) is 5.43. The molecule has 0 aliphatic heterocycles. The zero-order valence-corrected chi connectivity index (χ0v) is 13.0. The number of nitrogen functional groups attached to an aromatic ring is 1. The second-order valence-electron chi connectivity index (χ2n) is 3.80. The summed E-state index contributed by atoms with van der Waals surface area (Å²) < 4.78 is 1.72. The topological polar surface area (TPSA) is 67.1 Å². The molecule has 0 aliphatic carbocycles. The number of anilines is 2. The lowest BCUT2D eigenvalue weighted by Crippen LogP contribution is -2.13. The van der Waals surface area contributed by atoms with Gasteiger partial charge in [0.05, 0.1) is 5.69 Å². The van der Waals surface area contributed by atoms with E-state index in [0.717, 1.165) is 14.6 Å². The summed E-state index contributed by atoms with van der Waals surface area (Å²) in [5.74, 6) is 5.10. The van der Waals surface area contributed by atoms with Crippen LogP contribution in [0.1, 0.15) is 10.4 Å². The van der Waals surface area contributed by atoms with Gasteiger partial charge >= 0.3 is 0 Å². The Kier molecular flexibility index (Phi) is 4.57. The number of halogens is 2. The lowest BCUT2D eigenvalue weighted by atomic mass is 10.2. The van der Waals surface area contributed by atoms with Gasteiger partial charge in [0.15, 0.2) is 0 Å². The number of hydrogen-bond acceptors (Lipinski definition) is 3. The first kappa shape index (κ1) is 14.0. The largest absolute Gasteiger partial charge is 0.324 e. The Labute approximate surface area is 127 Å². The molecule has 1 amide bonds. The molecule has 0 spiro atoms. The zero-order valence-electron chi connectivity index (χ0n) is 9.78. The maximum atomic E-state index is 12.1. The van der Waals surface area contributed by atoms with E-state index in [4.69, 9.17) is 5.84 Å². The lowest BCUT2D eigenvalue weighted by Gasteiger charge is -2.08. The summed E-state index contributed by atoms with van der Waals surface area (Å²) in [7, 11) is 0. The maximum Gasteiger partial charge on any atom is 0.255 e. The molecule has 0 saturated heterocycles. The van der Waals surface area contributed by atoms with Crippen molar-refractivity contribution >= 4 is 49.1 Å². The lowest BCUT2D eigenvalue weighted by molar-refractivity contribution is 0.102. The molecule has 0 atom stereocenters. The number of amides is 1. The molecule has 0 aromatic heterocycles. The third-order valence-corrected chi connectivity index (χ3v) is 3.68. The van der Waals surface area contributed by atoms with Crippen molar-refractivity contribution in [2.75, 3.05) is 10.7 Å². The highest BCUT2D eigenvalue weighted by atomic mass is 79.9. The fraction of sp³-hybridized carbons (Fsp3) is 0. The van der Waals surface area contributed by atoms with Gasteiger partial charge in [-0.1, -0.05) is 15.9 Å². The molecule has 19 heavy (non-hydrogen) atoms. The first-order valence-corrected chi connectivity index (χ1v) is 7.02. The Morgan fingerprint density at radius 1 is 1.05 bits per heavy atom. The van der Waals surface area contributed by atoms with E-state index in [2.05, 4.69) is 42.6 Å². The molecule has 2 aromatic carbocycles. The maximum absolute atomic E-state index is 12.1. The van der Waals surface area contributed by atoms with Crippen LogP contribution in [0.2, 0.25) is 0 Å². The predicted molar refractivity (Wildman–Crippen MR) is 84.0 cm³/mol. The Morgan fingerprint density at radius 3 is 2.37 bits per heavy atom. The molecule has 0 bridgehead atoms. The van der Waals surface area contributed by atoms with E-state index in [1.165, 1.54) is 0 Å². The highest BCUT2D eigenvalue weighted by molar-refractivity contribution is 9.11. The fourth-order valence-electron chi connectivity index (χ4n) is 1.51. The third kappa shape index (κ3) is 3.56. The van der Waals surface area contributed by atoms with E-state index < -0.39 is 0 Å². The third-order valence-electron chi connectivity index (χ3n) is 2.49. The number of carbonyl (C=O) groups is 1. The summed E-state index contributed by atoms with van der Waals surface area (Å²) in [6.07, 6.45) is 0. The quantitative estimate of drug-likeness (QED) is 0.557. The highest BCUT2D eigenvalue weighted by Crippen LogP contribution is 2.26. The Hall–Kier alpha value is -1.37. The number of hydrazine groups is 1. The van der Waals surface area contributed by atoms with Crippen molar-refractivity contribution in [1.82, 2.24) is 0 Å². The van der Waals surface area contributed by atoms with Gasteiger partial charge in [0, 0.05) is 20.2 Å². The Bertz CT molecular complexity index is 599. The minimum Gasteiger partial charge on any atom is -0.324 e. The van der Waals surface area contributed by atoms with E-state index in [1.54, 1.807) is 24.3 Å². The molecular weight excluding hydrogens is 374 g/mol. The molecule has 2 rings (SSSR count). The first-order chi connectivity index (χ1) is 9.10. The minimum absolute atomic E-state index is 0.178. The average molecular weight is 385 g/mol. The van der Waals surface area contributed by atoms with Crippen molar-refractivity contribution in [2.45, 2.75) is 0 Å². The molecule has 0 heterocycles. The predicted octanol–water partition coefficient (Wildman–Crippen LogP) is 3.75. The summed E-state index contributed by atoms with van der Waals surface area (Å²) in [5.41, 5.74) is 4.53. The van der Waals surface area contributed by atoms with Crippen molar-refractivity contribution in [3.63, 3.8) is 0 Å². The van der Waals surface area contributed by atoms with Crippen molar-refractivity contribution in [3.05, 3.63) is 57.0 Å². The smallest absolute Gasteiger partial charge is 0.255 e. The van der Waals surface area contributed by atoms with Crippen molar-refractivity contribution in [2.24, 2.45) is 5.84 Å². The van der Waals surface area contributed by atoms with Crippen LogP contribution < -0.4 is 16.6 Å². The highest BCUT2D eigenvalue weighted by Gasteiger charge is 2.08. The Balaban J connectivity index is 2.18. The van der Waals surface area contributed by atoms with Crippen LogP contribution in [0.25, 0.3) is 0 Å². The second-order valence-corrected chi connectivity index (χ2v) is 5.57. The van der Waals surface area contributed by atoms with Crippen LogP contribution in [-0.2, 0) is 0 Å². The fourth-order valence-corrected chi connectivity index (χ4v) is 2.21. The molecule has 4 N–H and O–H groups in total. The van der Waals surface area contributed by atoms with Crippen molar-refractivity contribution < 1.29 is 4.79 Å². The van der Waals surface area contributed by atoms with Crippen LogP contribution in [0.5, 0.6) is 0 Å². The molecule has 0 radical (unpaired) electrons. The summed E-state index contributed by atoms with van der Waals surface area (Å²) in [5, 5.41) is 2.84. The van der Waals surface area contributed by atoms with Crippen molar-refractivity contribution in [1.29, 1.82) is 0 Å². The normalized spacial score (nSPS) is 10.1. The number of nitrogens with one attached hydrogen (secondary N) is 2. The molecule has 0 saturated carbocycles. The molecule has 0 unspecified atom stereocenters. The monoisotopic (exact) mass is 383 g/mol. The SMILES string of the molecule is NNc1ccc(C(=O)Nc2cc(Br)ccc2Br)cc1. The molecule has 6 heteroatoms. The number of benzene rings is 2.